The molecule has 0 aromatic carbocycles. The molecule has 0 aromatic rings. The van der Waals surface area contributed by atoms with Gasteiger partial charge < -0.3 is 9.47 Å². The maximum absolute atomic E-state index is 11.9. The molecule has 5 saturated carbocycles. The molecule has 6 rings (SSSR count). The van der Waals surface area contributed by atoms with Gasteiger partial charge in [-0.05, 0) is 117 Å². The van der Waals surface area contributed by atoms with Crippen molar-refractivity contribution in [2.24, 2.45) is 56.7 Å². The van der Waals surface area contributed by atoms with Crippen LogP contribution in [0.1, 0.15) is 113 Å². The van der Waals surface area contributed by atoms with E-state index in [0.717, 1.165) is 6.42 Å². The summed E-state index contributed by atoms with van der Waals surface area (Å²) in [6.07, 6.45) is 12.2. The number of carbonyl (C=O) groups excluding carboxylic acids is 1. The Balaban J connectivity index is 1.36. The van der Waals surface area contributed by atoms with Gasteiger partial charge in [-0.25, -0.2) is 0 Å². The number of hydrogen-bond acceptors (Lipinski definition) is 4. The monoisotopic (exact) mass is 521 g/mol. The van der Waals surface area contributed by atoms with Crippen LogP contribution in [0.4, 0.5) is 0 Å². The van der Waals surface area contributed by atoms with E-state index in [1.807, 2.05) is 0 Å². The summed E-state index contributed by atoms with van der Waals surface area (Å²) in [7, 11) is 0. The fourth-order valence-corrected chi connectivity index (χ4v) is 12.7. The third-order valence-corrected chi connectivity index (χ3v) is 14.6. The number of nitriles is 1. The molecule has 0 radical (unpaired) electrons. The number of epoxide rings is 1. The molecular formula is C34H51NO3. The molecule has 1 aliphatic heterocycles. The van der Waals surface area contributed by atoms with Gasteiger partial charge in [0.05, 0.1) is 6.07 Å². The quantitative estimate of drug-likeness (QED) is 0.215. The normalized spacial score (nSPS) is 54.4. The van der Waals surface area contributed by atoms with Crippen LogP contribution in [0.2, 0.25) is 0 Å². The molecule has 1 saturated heterocycles. The largest absolute Gasteiger partial charge is 0.462 e. The molecule has 0 spiro atoms. The Morgan fingerprint density at radius 3 is 2.26 bits per heavy atom. The lowest BCUT2D eigenvalue weighted by atomic mass is 9.32. The van der Waals surface area contributed by atoms with Crippen molar-refractivity contribution in [3.05, 3.63) is 12.2 Å². The SMILES string of the molecule is C=C(C)[C@@H]1CC[C@]2([C@@H]3O[C@@H]3C#N)CC[C@]3(C)[C@H](CC[C@@H]4[C@@]5(C)CC[C@H](OC(C)=O)C(C)(C)[C@@H]5CC[C@]43C)[C@@H]12. The van der Waals surface area contributed by atoms with Crippen molar-refractivity contribution in [1.29, 1.82) is 5.26 Å². The number of nitrogens with zero attached hydrogens (tertiary/aromatic N) is 1. The van der Waals surface area contributed by atoms with Crippen LogP contribution in [0.25, 0.3) is 0 Å². The second kappa shape index (κ2) is 8.34. The maximum atomic E-state index is 11.9. The standard InChI is InChI=1S/C34H51NO3/c1-20(2)22-11-16-34(29-24(19-35)38-29)18-17-32(7)23(28(22)34)9-10-26-31(6)14-13-27(37-21(3)36)30(4,5)25(31)12-15-33(26,32)8/h22-29H,1,9-18H2,2-8H3/t22-,23+,24+,25-,26+,27-,28+,29+,31-,32+,33+,34-/m0/s1. The molecular weight excluding hydrogens is 470 g/mol. The molecule has 0 bridgehead atoms. The highest BCUT2D eigenvalue weighted by atomic mass is 16.6. The Morgan fingerprint density at radius 1 is 0.895 bits per heavy atom. The number of rotatable bonds is 3. The zero-order valence-electron chi connectivity index (χ0n) is 25.1. The second-order valence-corrected chi connectivity index (χ2v) is 16.0. The third-order valence-electron chi connectivity index (χ3n) is 14.6. The zero-order valence-corrected chi connectivity index (χ0v) is 25.1. The predicted molar refractivity (Wildman–Crippen MR) is 149 cm³/mol. The van der Waals surface area contributed by atoms with Crippen LogP contribution in [0.5, 0.6) is 0 Å². The van der Waals surface area contributed by atoms with Gasteiger partial charge in [0, 0.05) is 17.8 Å². The average Bonchev–Trinajstić information content (AvgIpc) is 3.53. The molecule has 38 heavy (non-hydrogen) atoms. The van der Waals surface area contributed by atoms with Gasteiger partial charge in [0.25, 0.3) is 0 Å². The van der Waals surface area contributed by atoms with Crippen LogP contribution in [0, 0.1) is 68.0 Å². The van der Waals surface area contributed by atoms with Gasteiger partial charge in [-0.15, -0.1) is 0 Å². The van der Waals surface area contributed by atoms with Crippen LogP contribution < -0.4 is 0 Å². The van der Waals surface area contributed by atoms with E-state index in [0.29, 0.717) is 40.4 Å². The summed E-state index contributed by atoms with van der Waals surface area (Å²) >= 11 is 0. The Kier molecular flexibility index (Phi) is 5.90. The van der Waals surface area contributed by atoms with E-state index in [9.17, 15) is 10.1 Å². The van der Waals surface area contributed by atoms with Gasteiger partial charge in [0.2, 0.25) is 0 Å². The second-order valence-electron chi connectivity index (χ2n) is 16.0. The van der Waals surface area contributed by atoms with Gasteiger partial charge in [0.15, 0.2) is 6.10 Å². The van der Waals surface area contributed by atoms with Crippen molar-refractivity contribution >= 4 is 5.97 Å². The van der Waals surface area contributed by atoms with Crippen molar-refractivity contribution in [1.82, 2.24) is 0 Å². The minimum Gasteiger partial charge on any atom is -0.462 e. The molecule has 0 unspecified atom stereocenters. The van der Waals surface area contributed by atoms with Crippen molar-refractivity contribution in [3.8, 4) is 6.07 Å². The number of carbonyl (C=O) groups is 1. The number of fused-ring (bicyclic) bond motifs is 7. The summed E-state index contributed by atoms with van der Waals surface area (Å²) in [6, 6.07) is 2.46. The van der Waals surface area contributed by atoms with Crippen molar-refractivity contribution in [2.45, 2.75) is 131 Å². The molecule has 210 valence electrons. The van der Waals surface area contributed by atoms with Crippen molar-refractivity contribution < 1.29 is 14.3 Å². The molecule has 5 aliphatic carbocycles. The molecule has 0 N–H and O–H groups in total. The Hall–Kier alpha value is -1.34. The zero-order chi connectivity index (χ0) is 27.5. The molecule has 6 aliphatic rings. The average molecular weight is 522 g/mol. The van der Waals surface area contributed by atoms with Crippen LogP contribution in [-0.4, -0.2) is 24.3 Å². The number of ether oxygens (including phenoxy) is 2. The summed E-state index contributed by atoms with van der Waals surface area (Å²) in [6.45, 7) is 21.1. The van der Waals surface area contributed by atoms with Crippen molar-refractivity contribution in [2.75, 3.05) is 0 Å². The summed E-state index contributed by atoms with van der Waals surface area (Å²) in [4.78, 5) is 11.9. The maximum Gasteiger partial charge on any atom is 0.302 e. The summed E-state index contributed by atoms with van der Waals surface area (Å²) < 4.78 is 12.0. The topological polar surface area (TPSA) is 62.6 Å². The predicted octanol–water partition coefficient (Wildman–Crippen LogP) is 7.87. The third kappa shape index (κ3) is 3.27. The molecule has 0 amide bonds. The molecule has 4 heteroatoms. The molecule has 12 atom stereocenters. The van der Waals surface area contributed by atoms with Crippen LogP contribution >= 0.6 is 0 Å². The van der Waals surface area contributed by atoms with Crippen LogP contribution in [-0.2, 0) is 14.3 Å². The van der Waals surface area contributed by atoms with Crippen LogP contribution in [0.3, 0.4) is 0 Å². The van der Waals surface area contributed by atoms with Gasteiger partial charge in [-0.1, -0.05) is 46.8 Å². The Bertz CT molecular complexity index is 1070. The minimum absolute atomic E-state index is 0.00555. The Labute approximate surface area is 231 Å². The van der Waals surface area contributed by atoms with E-state index in [4.69, 9.17) is 9.47 Å². The lowest BCUT2D eigenvalue weighted by molar-refractivity contribution is -0.250. The number of esters is 1. The molecule has 6 fully saturated rings. The Morgan fingerprint density at radius 2 is 1.63 bits per heavy atom. The first-order valence-electron chi connectivity index (χ1n) is 15.6. The van der Waals surface area contributed by atoms with Crippen LogP contribution in [0.15, 0.2) is 12.2 Å². The fraction of sp³-hybridized carbons (Fsp3) is 0.882. The number of hydrogen-bond donors (Lipinski definition) is 0. The smallest absolute Gasteiger partial charge is 0.302 e. The van der Waals surface area contributed by atoms with E-state index in [1.54, 1.807) is 6.92 Å². The van der Waals surface area contributed by atoms with E-state index >= 15 is 0 Å². The lowest BCUT2D eigenvalue weighted by Crippen LogP contribution is -2.67. The van der Waals surface area contributed by atoms with E-state index < -0.39 is 0 Å². The fourth-order valence-electron chi connectivity index (χ4n) is 12.7. The van der Waals surface area contributed by atoms with Crippen molar-refractivity contribution in [3.63, 3.8) is 0 Å². The minimum atomic E-state index is -0.193. The molecule has 1 heterocycles. The number of allylic oxidation sites excluding steroid dienone is 1. The highest BCUT2D eigenvalue weighted by Crippen LogP contribution is 2.78. The highest BCUT2D eigenvalue weighted by Gasteiger charge is 2.73. The van der Waals surface area contributed by atoms with E-state index in [-0.39, 0.29) is 40.5 Å². The lowest BCUT2D eigenvalue weighted by Gasteiger charge is -2.73. The first-order chi connectivity index (χ1) is 17.8. The molecule has 4 nitrogen and oxygen atoms in total. The summed E-state index contributed by atoms with van der Waals surface area (Å²) in [5.41, 5.74) is 2.41. The van der Waals surface area contributed by atoms with Gasteiger partial charge in [-0.3, -0.25) is 4.79 Å². The van der Waals surface area contributed by atoms with E-state index in [2.05, 4.69) is 54.2 Å². The highest BCUT2D eigenvalue weighted by molar-refractivity contribution is 5.66. The molecule has 0 aromatic heterocycles. The summed E-state index contributed by atoms with van der Waals surface area (Å²) in [5.74, 6) is 2.99. The first-order valence-corrected chi connectivity index (χ1v) is 15.6. The van der Waals surface area contributed by atoms with Gasteiger partial charge >= 0.3 is 5.97 Å². The first kappa shape index (κ1) is 26.9. The summed E-state index contributed by atoms with van der Waals surface area (Å²) in [5, 5.41) is 9.70. The van der Waals surface area contributed by atoms with Gasteiger partial charge in [-0.2, -0.15) is 5.26 Å². The van der Waals surface area contributed by atoms with E-state index in [1.165, 1.54) is 63.4 Å². The van der Waals surface area contributed by atoms with Gasteiger partial charge in [0.1, 0.15) is 12.2 Å².